The predicted octanol–water partition coefficient (Wildman–Crippen LogP) is 19.7. The highest BCUT2D eigenvalue weighted by Gasteiger charge is 2.17. The van der Waals surface area contributed by atoms with E-state index in [0.717, 1.165) is 64.2 Å². The van der Waals surface area contributed by atoms with E-state index in [1.165, 1.54) is 193 Å². The second kappa shape index (κ2) is 56.9. The standard InChI is InChI=1S/C61H110O5/c1-4-7-10-13-16-19-22-25-28-31-33-36-39-42-45-48-51-54-60(62)65-58-59(57-64-56-53-50-47-44-41-38-35-30-27-24-21-18-15-12-9-6-3)66-61(63)55-52-49-46-43-40-37-34-32-29-26-23-20-17-14-11-8-5-2/h17,20,25-26,28-29,33,36,42,45,59H,4-16,18-19,21-24,27,30-32,34-35,37-41,43-44,46-58H2,1-3H3/b20-17-,28-25-,29-26-,36-33-,45-42-/t59-/m1/s1. The lowest BCUT2D eigenvalue weighted by atomic mass is 10.0. The highest BCUT2D eigenvalue weighted by molar-refractivity contribution is 5.70. The molecule has 0 radical (unpaired) electrons. The van der Waals surface area contributed by atoms with Gasteiger partial charge in [0, 0.05) is 19.4 Å². The molecule has 0 unspecified atom stereocenters. The Morgan fingerprint density at radius 1 is 0.333 bits per heavy atom. The highest BCUT2D eigenvalue weighted by atomic mass is 16.6. The summed E-state index contributed by atoms with van der Waals surface area (Å²) in [6, 6.07) is 0. The number of rotatable bonds is 53. The topological polar surface area (TPSA) is 61.8 Å². The summed E-state index contributed by atoms with van der Waals surface area (Å²) >= 11 is 0. The summed E-state index contributed by atoms with van der Waals surface area (Å²) in [4.78, 5) is 25.5. The van der Waals surface area contributed by atoms with Crippen LogP contribution in [0.4, 0.5) is 0 Å². The normalized spacial score (nSPS) is 12.6. The molecular formula is C61H110O5. The molecule has 384 valence electrons. The summed E-state index contributed by atoms with van der Waals surface area (Å²) in [5.41, 5.74) is 0. The second-order valence-corrected chi connectivity index (χ2v) is 19.2. The fourth-order valence-electron chi connectivity index (χ4n) is 8.20. The third kappa shape index (κ3) is 54.2. The zero-order chi connectivity index (χ0) is 47.7. The molecule has 5 heteroatoms. The van der Waals surface area contributed by atoms with Crippen molar-refractivity contribution in [3.05, 3.63) is 60.8 Å². The van der Waals surface area contributed by atoms with Crippen molar-refractivity contribution < 1.29 is 23.8 Å². The molecule has 0 aromatic heterocycles. The van der Waals surface area contributed by atoms with E-state index in [0.29, 0.717) is 19.4 Å². The van der Waals surface area contributed by atoms with Crippen LogP contribution in [0.1, 0.15) is 290 Å². The molecule has 66 heavy (non-hydrogen) atoms. The van der Waals surface area contributed by atoms with Gasteiger partial charge in [-0.15, -0.1) is 0 Å². The molecule has 0 amide bonds. The first-order valence-electron chi connectivity index (χ1n) is 28.8. The Morgan fingerprint density at radius 2 is 0.652 bits per heavy atom. The van der Waals surface area contributed by atoms with E-state index < -0.39 is 6.10 Å². The first-order chi connectivity index (χ1) is 32.6. The minimum atomic E-state index is -0.560. The molecule has 0 spiro atoms. The van der Waals surface area contributed by atoms with Crippen molar-refractivity contribution in [2.45, 2.75) is 297 Å². The first kappa shape index (κ1) is 63.6. The van der Waals surface area contributed by atoms with Gasteiger partial charge in [0.15, 0.2) is 6.10 Å². The zero-order valence-electron chi connectivity index (χ0n) is 44.2. The molecule has 0 aliphatic rings. The quantitative estimate of drug-likeness (QED) is 0.0346. The second-order valence-electron chi connectivity index (χ2n) is 19.2. The summed E-state index contributed by atoms with van der Waals surface area (Å²) in [6.45, 7) is 7.78. The number of hydrogen-bond acceptors (Lipinski definition) is 5. The molecule has 0 saturated heterocycles. The molecule has 0 saturated carbocycles. The fraction of sp³-hybridized carbons (Fsp3) is 0.803. The smallest absolute Gasteiger partial charge is 0.306 e. The van der Waals surface area contributed by atoms with E-state index in [4.69, 9.17) is 14.2 Å². The first-order valence-corrected chi connectivity index (χ1v) is 28.8. The van der Waals surface area contributed by atoms with Crippen LogP contribution in [-0.4, -0.2) is 37.9 Å². The Labute approximate surface area is 411 Å². The maximum Gasteiger partial charge on any atom is 0.306 e. The molecule has 0 rings (SSSR count). The van der Waals surface area contributed by atoms with E-state index in [1.54, 1.807) is 0 Å². The van der Waals surface area contributed by atoms with Crippen molar-refractivity contribution >= 4 is 11.9 Å². The van der Waals surface area contributed by atoms with Gasteiger partial charge in [-0.3, -0.25) is 9.59 Å². The number of ether oxygens (including phenoxy) is 3. The number of hydrogen-bond donors (Lipinski definition) is 0. The fourth-order valence-corrected chi connectivity index (χ4v) is 8.20. The third-order valence-corrected chi connectivity index (χ3v) is 12.5. The number of allylic oxidation sites excluding steroid dienone is 10. The molecule has 1 atom stereocenters. The molecule has 0 aliphatic carbocycles. The van der Waals surface area contributed by atoms with Gasteiger partial charge in [-0.25, -0.2) is 0 Å². The summed E-state index contributed by atoms with van der Waals surface area (Å²) in [5.74, 6) is -0.454. The van der Waals surface area contributed by atoms with Crippen LogP contribution in [0.2, 0.25) is 0 Å². The average molecular weight is 924 g/mol. The highest BCUT2D eigenvalue weighted by Crippen LogP contribution is 2.15. The Bertz CT molecular complexity index is 1130. The van der Waals surface area contributed by atoms with E-state index in [-0.39, 0.29) is 25.2 Å². The maximum atomic E-state index is 12.9. The maximum absolute atomic E-state index is 12.9. The Kier molecular flexibility index (Phi) is 54.9. The molecule has 0 aromatic rings. The lowest BCUT2D eigenvalue weighted by Crippen LogP contribution is -2.30. The molecule has 0 aliphatic heterocycles. The largest absolute Gasteiger partial charge is 0.462 e. The Balaban J connectivity index is 4.34. The van der Waals surface area contributed by atoms with Crippen LogP contribution in [0.3, 0.4) is 0 Å². The lowest BCUT2D eigenvalue weighted by molar-refractivity contribution is -0.163. The van der Waals surface area contributed by atoms with Crippen LogP contribution in [0.5, 0.6) is 0 Å². The molecule has 0 bridgehead atoms. The number of carbonyl (C=O) groups is 2. The monoisotopic (exact) mass is 923 g/mol. The van der Waals surface area contributed by atoms with Gasteiger partial charge >= 0.3 is 11.9 Å². The number of esters is 2. The van der Waals surface area contributed by atoms with Crippen molar-refractivity contribution in [1.29, 1.82) is 0 Å². The van der Waals surface area contributed by atoms with Crippen LogP contribution in [0.15, 0.2) is 60.8 Å². The zero-order valence-corrected chi connectivity index (χ0v) is 44.2. The van der Waals surface area contributed by atoms with E-state index in [2.05, 4.69) is 81.5 Å². The van der Waals surface area contributed by atoms with Gasteiger partial charge in [0.2, 0.25) is 0 Å². The van der Waals surface area contributed by atoms with Gasteiger partial charge in [0.25, 0.3) is 0 Å². The molecule has 0 aromatic carbocycles. The number of carbonyl (C=O) groups excluding carboxylic acids is 2. The lowest BCUT2D eigenvalue weighted by Gasteiger charge is -2.18. The minimum absolute atomic E-state index is 0.0580. The van der Waals surface area contributed by atoms with Crippen molar-refractivity contribution in [3.63, 3.8) is 0 Å². The van der Waals surface area contributed by atoms with Gasteiger partial charge in [-0.05, 0) is 83.5 Å². The summed E-state index contributed by atoms with van der Waals surface area (Å²) in [7, 11) is 0. The van der Waals surface area contributed by atoms with Gasteiger partial charge in [-0.1, -0.05) is 255 Å². The SMILES string of the molecule is CCCCC/C=C\C/C=C\CCCCCCCCCC(=O)O[C@H](COCCCCCCCCCCCCCCCCCC)COC(=O)CCC/C=C\C/C=C\C/C=C\CCCCCCCC. The van der Waals surface area contributed by atoms with E-state index in [1.807, 2.05) is 0 Å². The van der Waals surface area contributed by atoms with Crippen molar-refractivity contribution in [2.75, 3.05) is 19.8 Å². The minimum Gasteiger partial charge on any atom is -0.462 e. The average Bonchev–Trinajstić information content (AvgIpc) is 3.32. The van der Waals surface area contributed by atoms with Crippen LogP contribution in [-0.2, 0) is 23.8 Å². The van der Waals surface area contributed by atoms with E-state index >= 15 is 0 Å². The van der Waals surface area contributed by atoms with Crippen molar-refractivity contribution in [2.24, 2.45) is 0 Å². The molecular weight excluding hydrogens is 813 g/mol. The van der Waals surface area contributed by atoms with Crippen LogP contribution in [0.25, 0.3) is 0 Å². The molecule has 0 heterocycles. The van der Waals surface area contributed by atoms with Gasteiger partial charge in [0.1, 0.15) is 6.61 Å². The molecule has 0 fully saturated rings. The van der Waals surface area contributed by atoms with Crippen LogP contribution in [0, 0.1) is 0 Å². The van der Waals surface area contributed by atoms with Gasteiger partial charge in [-0.2, -0.15) is 0 Å². The van der Waals surface area contributed by atoms with Crippen LogP contribution >= 0.6 is 0 Å². The Morgan fingerprint density at radius 3 is 1.09 bits per heavy atom. The molecule has 5 nitrogen and oxygen atoms in total. The Hall–Kier alpha value is -2.40. The van der Waals surface area contributed by atoms with Gasteiger partial charge in [0.05, 0.1) is 6.61 Å². The third-order valence-electron chi connectivity index (χ3n) is 12.5. The van der Waals surface area contributed by atoms with Gasteiger partial charge < -0.3 is 14.2 Å². The number of unbranched alkanes of at least 4 members (excludes halogenated alkanes) is 32. The van der Waals surface area contributed by atoms with Crippen LogP contribution < -0.4 is 0 Å². The van der Waals surface area contributed by atoms with Crippen molar-refractivity contribution in [3.8, 4) is 0 Å². The molecule has 0 N–H and O–H groups in total. The van der Waals surface area contributed by atoms with E-state index in [9.17, 15) is 9.59 Å². The summed E-state index contributed by atoms with van der Waals surface area (Å²) in [5, 5.41) is 0. The summed E-state index contributed by atoms with van der Waals surface area (Å²) in [6.07, 6.45) is 72.4. The summed E-state index contributed by atoms with van der Waals surface area (Å²) < 4.78 is 17.4. The predicted molar refractivity (Wildman–Crippen MR) is 288 cm³/mol. The van der Waals surface area contributed by atoms with Crippen molar-refractivity contribution in [1.82, 2.24) is 0 Å².